The average Bonchev–Trinajstić information content (AvgIpc) is 2.79. The Morgan fingerprint density at radius 1 is 1.31 bits per heavy atom. The highest BCUT2D eigenvalue weighted by atomic mass is 16.2. The number of hydrogen-bond donors (Lipinski definition) is 1. The summed E-state index contributed by atoms with van der Waals surface area (Å²) >= 11 is 0. The highest BCUT2D eigenvalue weighted by molar-refractivity contribution is 5.84. The Hall–Kier alpha value is -1.10. The van der Waals surface area contributed by atoms with Gasteiger partial charge in [-0.05, 0) is 19.9 Å². The first-order chi connectivity index (χ1) is 7.65. The maximum atomic E-state index is 11.8. The number of carbonyl (C=O) groups is 2. The van der Waals surface area contributed by atoms with Gasteiger partial charge in [0, 0.05) is 33.1 Å². The summed E-state index contributed by atoms with van der Waals surface area (Å²) in [4.78, 5) is 26.7. The second-order valence-electron chi connectivity index (χ2n) is 4.19. The number of rotatable bonds is 5. The normalized spacial score (nSPS) is 15.2. The van der Waals surface area contributed by atoms with Gasteiger partial charge in [-0.2, -0.15) is 0 Å². The summed E-state index contributed by atoms with van der Waals surface area (Å²) in [6, 6.07) is 0. The van der Waals surface area contributed by atoms with Crippen molar-refractivity contribution in [2.24, 2.45) is 0 Å². The predicted molar refractivity (Wildman–Crippen MR) is 62.0 cm³/mol. The van der Waals surface area contributed by atoms with Crippen LogP contribution >= 0.6 is 0 Å². The van der Waals surface area contributed by atoms with Gasteiger partial charge < -0.3 is 15.1 Å². The van der Waals surface area contributed by atoms with Crippen LogP contribution in [0.3, 0.4) is 0 Å². The molecular weight excluding hydrogens is 206 g/mol. The quantitative estimate of drug-likeness (QED) is 0.700. The molecule has 1 heterocycles. The van der Waals surface area contributed by atoms with Crippen LogP contribution in [0.2, 0.25) is 0 Å². The van der Waals surface area contributed by atoms with Crippen LogP contribution in [0.4, 0.5) is 0 Å². The van der Waals surface area contributed by atoms with Crippen molar-refractivity contribution in [3.8, 4) is 0 Å². The van der Waals surface area contributed by atoms with E-state index < -0.39 is 0 Å². The fourth-order valence-electron chi connectivity index (χ4n) is 1.78. The molecule has 0 aromatic rings. The zero-order valence-electron chi connectivity index (χ0n) is 10.2. The molecule has 5 nitrogen and oxygen atoms in total. The molecule has 92 valence electrons. The second kappa shape index (κ2) is 6.48. The number of likely N-dealkylation sites (N-methyl/N-ethyl adjacent to an activating group) is 1. The molecule has 1 aliphatic rings. The van der Waals surface area contributed by atoms with E-state index in [0.29, 0.717) is 13.0 Å². The molecule has 5 heteroatoms. The van der Waals surface area contributed by atoms with Gasteiger partial charge in [-0.1, -0.05) is 0 Å². The van der Waals surface area contributed by atoms with E-state index in [1.165, 1.54) is 4.90 Å². The van der Waals surface area contributed by atoms with Crippen LogP contribution in [-0.2, 0) is 9.59 Å². The van der Waals surface area contributed by atoms with E-state index in [0.717, 1.165) is 25.9 Å². The zero-order valence-corrected chi connectivity index (χ0v) is 10.2. The molecule has 1 saturated heterocycles. The summed E-state index contributed by atoms with van der Waals surface area (Å²) < 4.78 is 0. The number of nitrogens with one attached hydrogen (secondary N) is 1. The molecule has 0 saturated carbocycles. The molecule has 1 N–H and O–H groups in total. The molecule has 2 amide bonds. The molecule has 0 unspecified atom stereocenters. The maximum Gasteiger partial charge on any atom is 0.242 e. The third-order valence-electron chi connectivity index (χ3n) is 2.85. The maximum absolute atomic E-state index is 11.8. The summed E-state index contributed by atoms with van der Waals surface area (Å²) in [5.41, 5.74) is 0. The van der Waals surface area contributed by atoms with Crippen LogP contribution in [0, 0.1) is 0 Å². The van der Waals surface area contributed by atoms with Crippen molar-refractivity contribution in [3.63, 3.8) is 0 Å². The Labute approximate surface area is 96.8 Å². The minimum atomic E-state index is 0.0156. The number of nitrogens with zero attached hydrogens (tertiary/aromatic N) is 2. The van der Waals surface area contributed by atoms with E-state index in [-0.39, 0.29) is 18.4 Å². The van der Waals surface area contributed by atoms with Gasteiger partial charge in [0.15, 0.2) is 0 Å². The monoisotopic (exact) mass is 227 g/mol. The van der Waals surface area contributed by atoms with E-state index in [9.17, 15) is 9.59 Å². The van der Waals surface area contributed by atoms with E-state index in [1.807, 2.05) is 11.9 Å². The smallest absolute Gasteiger partial charge is 0.242 e. The van der Waals surface area contributed by atoms with Crippen molar-refractivity contribution in [1.29, 1.82) is 0 Å². The number of hydrogen-bond acceptors (Lipinski definition) is 3. The molecular formula is C11H21N3O2. The first-order valence-electron chi connectivity index (χ1n) is 5.81. The summed E-state index contributed by atoms with van der Waals surface area (Å²) in [5.74, 6) is 0.0831. The van der Waals surface area contributed by atoms with E-state index in [1.54, 1.807) is 7.05 Å². The summed E-state index contributed by atoms with van der Waals surface area (Å²) in [6.07, 6.45) is 2.62. The Morgan fingerprint density at radius 2 is 1.94 bits per heavy atom. The van der Waals surface area contributed by atoms with Gasteiger partial charge in [0.1, 0.15) is 0 Å². The largest absolute Gasteiger partial charge is 0.341 e. The van der Waals surface area contributed by atoms with Gasteiger partial charge in [0.25, 0.3) is 0 Å². The third-order valence-corrected chi connectivity index (χ3v) is 2.85. The van der Waals surface area contributed by atoms with Crippen LogP contribution < -0.4 is 5.32 Å². The lowest BCUT2D eigenvalue weighted by Crippen LogP contribution is -2.40. The molecule has 0 bridgehead atoms. The summed E-state index contributed by atoms with van der Waals surface area (Å²) in [5, 5.41) is 2.92. The van der Waals surface area contributed by atoms with Crippen molar-refractivity contribution in [2.75, 3.05) is 40.3 Å². The van der Waals surface area contributed by atoms with Crippen LogP contribution in [0.1, 0.15) is 19.3 Å². The lowest BCUT2D eigenvalue weighted by atomic mass is 10.3. The van der Waals surface area contributed by atoms with Crippen molar-refractivity contribution >= 4 is 11.8 Å². The van der Waals surface area contributed by atoms with Gasteiger partial charge in [-0.25, -0.2) is 0 Å². The summed E-state index contributed by atoms with van der Waals surface area (Å²) in [6.45, 7) is 2.55. The highest BCUT2D eigenvalue weighted by Crippen LogP contribution is 2.07. The van der Waals surface area contributed by atoms with Crippen molar-refractivity contribution in [3.05, 3.63) is 0 Å². The van der Waals surface area contributed by atoms with Gasteiger partial charge in [0.2, 0.25) is 11.8 Å². The van der Waals surface area contributed by atoms with Crippen LogP contribution in [0.15, 0.2) is 0 Å². The van der Waals surface area contributed by atoms with E-state index in [2.05, 4.69) is 5.32 Å². The predicted octanol–water partition coefficient (Wildman–Crippen LogP) is -0.323. The van der Waals surface area contributed by atoms with Crippen LogP contribution in [-0.4, -0.2) is 61.9 Å². The standard InChI is InChI=1S/C11H21N3O2/c1-12-6-5-10(15)13(2)9-11(16)14-7-3-4-8-14/h12H,3-9H2,1-2H3. The average molecular weight is 227 g/mol. The number of likely N-dealkylation sites (tertiary alicyclic amines) is 1. The van der Waals surface area contributed by atoms with Gasteiger partial charge in [-0.3, -0.25) is 9.59 Å². The topological polar surface area (TPSA) is 52.7 Å². The molecule has 0 aromatic heterocycles. The van der Waals surface area contributed by atoms with Crippen molar-refractivity contribution in [1.82, 2.24) is 15.1 Å². The van der Waals surface area contributed by atoms with Crippen LogP contribution in [0.25, 0.3) is 0 Å². The van der Waals surface area contributed by atoms with E-state index in [4.69, 9.17) is 0 Å². The molecule has 0 spiro atoms. The zero-order chi connectivity index (χ0) is 12.0. The number of carbonyl (C=O) groups excluding carboxylic acids is 2. The lowest BCUT2D eigenvalue weighted by Gasteiger charge is -2.21. The fourth-order valence-corrected chi connectivity index (χ4v) is 1.78. The minimum Gasteiger partial charge on any atom is -0.341 e. The second-order valence-corrected chi connectivity index (χ2v) is 4.19. The van der Waals surface area contributed by atoms with Crippen LogP contribution in [0.5, 0.6) is 0 Å². The molecule has 0 atom stereocenters. The molecule has 1 aliphatic heterocycles. The van der Waals surface area contributed by atoms with Crippen molar-refractivity contribution < 1.29 is 9.59 Å². The molecule has 1 rings (SSSR count). The molecule has 0 aliphatic carbocycles. The Bertz CT molecular complexity index is 250. The lowest BCUT2D eigenvalue weighted by molar-refractivity contribution is -0.138. The highest BCUT2D eigenvalue weighted by Gasteiger charge is 2.20. The Balaban J connectivity index is 2.29. The molecule has 16 heavy (non-hydrogen) atoms. The van der Waals surface area contributed by atoms with Crippen molar-refractivity contribution in [2.45, 2.75) is 19.3 Å². The molecule has 1 fully saturated rings. The molecule has 0 radical (unpaired) electrons. The SMILES string of the molecule is CNCCC(=O)N(C)CC(=O)N1CCCC1. The Morgan fingerprint density at radius 3 is 2.50 bits per heavy atom. The first-order valence-corrected chi connectivity index (χ1v) is 5.81. The van der Waals surface area contributed by atoms with Gasteiger partial charge in [-0.15, -0.1) is 0 Å². The summed E-state index contributed by atoms with van der Waals surface area (Å²) in [7, 11) is 3.49. The third kappa shape index (κ3) is 3.81. The Kier molecular flexibility index (Phi) is 5.25. The first kappa shape index (κ1) is 13.0. The van der Waals surface area contributed by atoms with E-state index >= 15 is 0 Å². The van der Waals surface area contributed by atoms with Gasteiger partial charge >= 0.3 is 0 Å². The number of amides is 2. The molecule has 0 aromatic carbocycles. The van der Waals surface area contributed by atoms with Gasteiger partial charge in [0.05, 0.1) is 6.54 Å². The fraction of sp³-hybridized carbons (Fsp3) is 0.818. The minimum absolute atomic E-state index is 0.0156.